The highest BCUT2D eigenvalue weighted by Gasteiger charge is 2.18. The molecule has 1 aromatic rings. The largest absolute Gasteiger partial charge is 0.369 e. The van der Waals surface area contributed by atoms with Crippen LogP contribution in [0.5, 0.6) is 0 Å². The quantitative estimate of drug-likeness (QED) is 0.722. The summed E-state index contributed by atoms with van der Waals surface area (Å²) in [7, 11) is 0. The fourth-order valence-electron chi connectivity index (χ4n) is 3.03. The van der Waals surface area contributed by atoms with Gasteiger partial charge in [0.1, 0.15) is 5.82 Å². The Morgan fingerprint density at radius 1 is 1.14 bits per heavy atom. The molecule has 22 heavy (non-hydrogen) atoms. The summed E-state index contributed by atoms with van der Waals surface area (Å²) < 4.78 is 13.0. The first-order chi connectivity index (χ1) is 10.5. The van der Waals surface area contributed by atoms with Gasteiger partial charge in [-0.2, -0.15) is 0 Å². The molecule has 0 saturated carbocycles. The van der Waals surface area contributed by atoms with E-state index in [0.29, 0.717) is 0 Å². The Labute approximate surface area is 134 Å². The second-order valence-electron chi connectivity index (χ2n) is 6.73. The fourth-order valence-corrected chi connectivity index (χ4v) is 3.03. The molecule has 2 nitrogen and oxygen atoms in total. The molecule has 1 unspecified atom stereocenters. The number of hydrogen-bond donors (Lipinski definition) is 0. The molecule has 2 rings (SSSR count). The van der Waals surface area contributed by atoms with Gasteiger partial charge in [-0.15, -0.1) is 0 Å². The summed E-state index contributed by atoms with van der Waals surface area (Å²) in [5.41, 5.74) is 2.55. The number of benzene rings is 1. The molecule has 1 heterocycles. The van der Waals surface area contributed by atoms with Crippen molar-refractivity contribution in [2.75, 3.05) is 37.6 Å². The van der Waals surface area contributed by atoms with Crippen molar-refractivity contribution in [1.29, 1.82) is 0 Å². The number of rotatable bonds is 6. The second kappa shape index (κ2) is 8.33. The van der Waals surface area contributed by atoms with Gasteiger partial charge in [0.2, 0.25) is 0 Å². The molecule has 1 aromatic carbocycles. The summed E-state index contributed by atoms with van der Waals surface area (Å²) >= 11 is 0. The van der Waals surface area contributed by atoms with Gasteiger partial charge in [-0.05, 0) is 56.9 Å². The van der Waals surface area contributed by atoms with Crippen molar-refractivity contribution in [3.05, 3.63) is 41.7 Å². The van der Waals surface area contributed by atoms with Crippen LogP contribution in [-0.4, -0.2) is 37.6 Å². The number of piperazine rings is 1. The van der Waals surface area contributed by atoms with Crippen LogP contribution in [0.1, 0.15) is 33.6 Å². The molecule has 1 aliphatic rings. The van der Waals surface area contributed by atoms with Crippen molar-refractivity contribution in [1.82, 2.24) is 4.90 Å². The molecule has 0 N–H and O–H groups in total. The Kier molecular flexibility index (Phi) is 6.44. The number of anilines is 1. The summed E-state index contributed by atoms with van der Waals surface area (Å²) in [5, 5.41) is 0. The van der Waals surface area contributed by atoms with E-state index in [0.717, 1.165) is 37.8 Å². The van der Waals surface area contributed by atoms with Gasteiger partial charge in [0.25, 0.3) is 0 Å². The van der Waals surface area contributed by atoms with Gasteiger partial charge >= 0.3 is 0 Å². The van der Waals surface area contributed by atoms with E-state index in [1.807, 2.05) is 12.1 Å². The lowest BCUT2D eigenvalue weighted by Gasteiger charge is -2.37. The van der Waals surface area contributed by atoms with Crippen molar-refractivity contribution in [2.45, 2.75) is 33.6 Å². The summed E-state index contributed by atoms with van der Waals surface area (Å²) in [6.45, 7) is 12.1. The predicted molar refractivity (Wildman–Crippen MR) is 92.9 cm³/mol. The monoisotopic (exact) mass is 304 g/mol. The van der Waals surface area contributed by atoms with Crippen molar-refractivity contribution in [3.63, 3.8) is 0 Å². The number of hydrogen-bond acceptors (Lipinski definition) is 2. The van der Waals surface area contributed by atoms with E-state index in [2.05, 4.69) is 36.6 Å². The molecule has 1 fully saturated rings. The second-order valence-corrected chi connectivity index (χ2v) is 6.73. The maximum absolute atomic E-state index is 13.0. The molecule has 0 radical (unpaired) electrons. The van der Waals surface area contributed by atoms with Crippen LogP contribution in [0.3, 0.4) is 0 Å². The standard InChI is InChI=1S/C19H29FN2/c1-16(2)5-4-6-17(3)15-21-11-13-22(14-12-21)19-9-7-18(20)8-10-19/h5,7-10,17H,4,6,11-15H2,1-3H3. The Balaban J connectivity index is 1.72. The van der Waals surface area contributed by atoms with Crippen LogP contribution in [0, 0.1) is 11.7 Å². The SMILES string of the molecule is CC(C)=CCCC(C)CN1CCN(c2ccc(F)cc2)CC1. The lowest BCUT2D eigenvalue weighted by molar-refractivity contribution is 0.220. The van der Waals surface area contributed by atoms with Crippen LogP contribution in [0.25, 0.3) is 0 Å². The minimum absolute atomic E-state index is 0.160. The van der Waals surface area contributed by atoms with Crippen LogP contribution in [0.4, 0.5) is 10.1 Å². The molecule has 1 atom stereocenters. The Bertz CT molecular complexity index is 469. The molecule has 3 heteroatoms. The Morgan fingerprint density at radius 2 is 1.77 bits per heavy atom. The van der Waals surface area contributed by atoms with E-state index in [4.69, 9.17) is 0 Å². The summed E-state index contributed by atoms with van der Waals surface area (Å²) in [5.74, 6) is 0.584. The third-order valence-corrected chi connectivity index (χ3v) is 4.35. The number of halogens is 1. The highest BCUT2D eigenvalue weighted by Crippen LogP contribution is 2.18. The maximum atomic E-state index is 13.0. The molecule has 0 aromatic heterocycles. The van der Waals surface area contributed by atoms with Crippen molar-refractivity contribution in [2.24, 2.45) is 5.92 Å². The van der Waals surface area contributed by atoms with Crippen LogP contribution < -0.4 is 4.90 Å². The Morgan fingerprint density at radius 3 is 2.36 bits per heavy atom. The predicted octanol–water partition coefficient (Wildman–Crippen LogP) is 4.33. The van der Waals surface area contributed by atoms with Crippen LogP contribution >= 0.6 is 0 Å². The fraction of sp³-hybridized carbons (Fsp3) is 0.579. The van der Waals surface area contributed by atoms with E-state index in [1.54, 1.807) is 12.1 Å². The lowest BCUT2D eigenvalue weighted by atomic mass is 10.0. The lowest BCUT2D eigenvalue weighted by Crippen LogP contribution is -2.47. The van der Waals surface area contributed by atoms with Gasteiger partial charge in [-0.1, -0.05) is 18.6 Å². The number of nitrogens with zero attached hydrogens (tertiary/aromatic N) is 2. The van der Waals surface area contributed by atoms with E-state index in [9.17, 15) is 4.39 Å². The van der Waals surface area contributed by atoms with Gasteiger partial charge in [0.05, 0.1) is 0 Å². The van der Waals surface area contributed by atoms with Crippen molar-refractivity contribution in [3.8, 4) is 0 Å². The topological polar surface area (TPSA) is 6.48 Å². The molecule has 0 aliphatic carbocycles. The molecule has 1 saturated heterocycles. The van der Waals surface area contributed by atoms with Gasteiger partial charge in [-0.3, -0.25) is 4.90 Å². The average Bonchev–Trinajstić information content (AvgIpc) is 2.48. The molecule has 0 bridgehead atoms. The van der Waals surface area contributed by atoms with Gasteiger partial charge in [-0.25, -0.2) is 4.39 Å². The van der Waals surface area contributed by atoms with Gasteiger partial charge < -0.3 is 4.90 Å². The van der Waals surface area contributed by atoms with E-state index in [1.165, 1.54) is 25.0 Å². The van der Waals surface area contributed by atoms with Crippen LogP contribution in [0.15, 0.2) is 35.9 Å². The summed E-state index contributed by atoms with van der Waals surface area (Å²) in [6.07, 6.45) is 4.80. The van der Waals surface area contributed by atoms with Crippen LogP contribution in [-0.2, 0) is 0 Å². The van der Waals surface area contributed by atoms with E-state index < -0.39 is 0 Å². The van der Waals surface area contributed by atoms with Gasteiger partial charge in [0, 0.05) is 38.4 Å². The van der Waals surface area contributed by atoms with Crippen LogP contribution in [0.2, 0.25) is 0 Å². The molecular formula is C19H29FN2. The first-order valence-electron chi connectivity index (χ1n) is 8.41. The molecule has 0 spiro atoms. The first-order valence-corrected chi connectivity index (χ1v) is 8.41. The smallest absolute Gasteiger partial charge is 0.123 e. The van der Waals surface area contributed by atoms with Gasteiger partial charge in [0.15, 0.2) is 0 Å². The molecule has 122 valence electrons. The molecule has 1 aliphatic heterocycles. The maximum Gasteiger partial charge on any atom is 0.123 e. The molecule has 0 amide bonds. The highest BCUT2D eigenvalue weighted by molar-refractivity contribution is 5.46. The van der Waals surface area contributed by atoms with Crippen molar-refractivity contribution < 1.29 is 4.39 Å². The van der Waals surface area contributed by atoms with Crippen molar-refractivity contribution >= 4 is 5.69 Å². The zero-order valence-corrected chi connectivity index (χ0v) is 14.2. The zero-order chi connectivity index (χ0) is 15.9. The average molecular weight is 304 g/mol. The summed E-state index contributed by atoms with van der Waals surface area (Å²) in [4.78, 5) is 4.91. The number of allylic oxidation sites excluding steroid dienone is 2. The normalized spacial score (nSPS) is 17.4. The molecular weight excluding hydrogens is 275 g/mol. The third kappa shape index (κ3) is 5.45. The Hall–Kier alpha value is -1.35. The first kappa shape index (κ1) is 17.0. The zero-order valence-electron chi connectivity index (χ0n) is 14.2. The third-order valence-electron chi connectivity index (χ3n) is 4.35. The highest BCUT2D eigenvalue weighted by atomic mass is 19.1. The van der Waals surface area contributed by atoms with E-state index >= 15 is 0 Å². The summed E-state index contributed by atoms with van der Waals surface area (Å²) in [6, 6.07) is 6.86. The minimum atomic E-state index is -0.160. The van der Waals surface area contributed by atoms with E-state index in [-0.39, 0.29) is 5.82 Å². The minimum Gasteiger partial charge on any atom is -0.369 e.